The maximum Gasteiger partial charge on any atom is 0.102 e. The maximum absolute atomic E-state index is 10.3. The number of hydrogen-bond donors (Lipinski definition) is 1. The smallest absolute Gasteiger partial charge is 0.102 e. The third kappa shape index (κ3) is 6.61. The van der Waals surface area contributed by atoms with Crippen LogP contribution in [0.25, 0.3) is 0 Å². The molecule has 0 aromatic heterocycles. The van der Waals surface area contributed by atoms with Crippen LogP contribution in [0.15, 0.2) is 23.8 Å². The topological polar surface area (TPSA) is 38.7 Å². The molecule has 0 spiro atoms. The highest BCUT2D eigenvalue weighted by molar-refractivity contribution is 7.99. The van der Waals surface area contributed by atoms with Gasteiger partial charge in [0.05, 0.1) is 12.7 Å². The molecule has 0 saturated carbocycles. The van der Waals surface area contributed by atoms with Gasteiger partial charge in [0.1, 0.15) is 6.10 Å². The van der Waals surface area contributed by atoms with Gasteiger partial charge in [-0.05, 0) is 19.1 Å². The lowest BCUT2D eigenvalue weighted by atomic mass is 9.97. The SMILES string of the molecule is CO[C@H]1/C=C/CSCCCOC/C(C)=C\[C@@H](C)[C@@H]1O. The van der Waals surface area contributed by atoms with Gasteiger partial charge in [-0.15, -0.1) is 0 Å². The molecule has 3 nitrogen and oxygen atoms in total. The summed E-state index contributed by atoms with van der Waals surface area (Å²) >= 11 is 1.88. The molecule has 0 saturated heterocycles. The van der Waals surface area contributed by atoms with Crippen molar-refractivity contribution in [2.75, 3.05) is 31.8 Å². The Morgan fingerprint density at radius 1 is 1.47 bits per heavy atom. The fourth-order valence-corrected chi connectivity index (χ4v) is 2.80. The Morgan fingerprint density at radius 3 is 3.00 bits per heavy atom. The Morgan fingerprint density at radius 2 is 2.26 bits per heavy atom. The average molecular weight is 286 g/mol. The minimum Gasteiger partial charge on any atom is -0.389 e. The van der Waals surface area contributed by atoms with E-state index in [1.54, 1.807) is 7.11 Å². The molecule has 0 aromatic carbocycles. The molecule has 4 heteroatoms. The monoisotopic (exact) mass is 286 g/mol. The van der Waals surface area contributed by atoms with Crippen LogP contribution in [-0.4, -0.2) is 49.1 Å². The van der Waals surface area contributed by atoms with Gasteiger partial charge in [-0.1, -0.05) is 30.7 Å². The van der Waals surface area contributed by atoms with Crippen LogP contribution in [0.2, 0.25) is 0 Å². The van der Waals surface area contributed by atoms with E-state index in [0.717, 1.165) is 30.1 Å². The Kier molecular flexibility index (Phi) is 8.46. The molecule has 1 N–H and O–H groups in total. The van der Waals surface area contributed by atoms with Crippen LogP contribution >= 0.6 is 11.8 Å². The summed E-state index contributed by atoms with van der Waals surface area (Å²) in [6, 6.07) is 0. The van der Waals surface area contributed by atoms with Gasteiger partial charge < -0.3 is 14.6 Å². The van der Waals surface area contributed by atoms with Crippen molar-refractivity contribution in [3.05, 3.63) is 23.8 Å². The predicted molar refractivity (Wildman–Crippen MR) is 81.6 cm³/mol. The van der Waals surface area contributed by atoms with Crippen molar-refractivity contribution in [2.24, 2.45) is 5.92 Å². The summed E-state index contributed by atoms with van der Waals surface area (Å²) in [6.45, 7) is 5.50. The summed E-state index contributed by atoms with van der Waals surface area (Å²) in [5.41, 5.74) is 1.16. The van der Waals surface area contributed by atoms with Crippen LogP contribution in [0.1, 0.15) is 20.3 Å². The lowest BCUT2D eigenvalue weighted by Gasteiger charge is -2.23. The van der Waals surface area contributed by atoms with Gasteiger partial charge in [0, 0.05) is 25.4 Å². The number of hydrogen-bond acceptors (Lipinski definition) is 4. The number of aliphatic hydroxyl groups is 1. The van der Waals surface area contributed by atoms with Crippen molar-refractivity contribution < 1.29 is 14.6 Å². The minimum absolute atomic E-state index is 0.0498. The molecule has 0 aliphatic carbocycles. The summed E-state index contributed by atoms with van der Waals surface area (Å²) in [7, 11) is 1.64. The second-order valence-electron chi connectivity index (χ2n) is 4.97. The van der Waals surface area contributed by atoms with E-state index in [0.29, 0.717) is 6.61 Å². The molecule has 19 heavy (non-hydrogen) atoms. The predicted octanol–water partition coefficient (Wildman–Crippen LogP) is 2.65. The molecule has 110 valence electrons. The van der Waals surface area contributed by atoms with Crippen LogP contribution in [0.5, 0.6) is 0 Å². The third-order valence-corrected chi connectivity index (χ3v) is 4.15. The third-order valence-electron chi connectivity index (χ3n) is 3.14. The summed E-state index contributed by atoms with van der Waals surface area (Å²) in [6.07, 6.45) is 6.44. The molecule has 0 radical (unpaired) electrons. The van der Waals surface area contributed by atoms with Crippen molar-refractivity contribution in [1.29, 1.82) is 0 Å². The van der Waals surface area contributed by atoms with Crippen molar-refractivity contribution in [3.8, 4) is 0 Å². The quantitative estimate of drug-likeness (QED) is 0.752. The molecule has 0 fully saturated rings. The Bertz CT molecular complexity index is 302. The van der Waals surface area contributed by atoms with E-state index in [9.17, 15) is 5.11 Å². The van der Waals surface area contributed by atoms with Crippen LogP contribution in [-0.2, 0) is 9.47 Å². The van der Waals surface area contributed by atoms with Crippen molar-refractivity contribution in [2.45, 2.75) is 32.5 Å². The summed E-state index contributed by atoms with van der Waals surface area (Å²) < 4.78 is 11.0. The van der Waals surface area contributed by atoms with Crippen molar-refractivity contribution in [3.63, 3.8) is 0 Å². The van der Waals surface area contributed by atoms with E-state index in [-0.39, 0.29) is 12.0 Å². The number of methoxy groups -OCH3 is 1. The summed E-state index contributed by atoms with van der Waals surface area (Å²) in [5.74, 6) is 2.10. The summed E-state index contributed by atoms with van der Waals surface area (Å²) in [5, 5.41) is 10.3. The van der Waals surface area contributed by atoms with E-state index in [1.165, 1.54) is 0 Å². The molecule has 0 unspecified atom stereocenters. The Hall–Kier alpha value is -0.290. The van der Waals surface area contributed by atoms with Gasteiger partial charge in [-0.2, -0.15) is 11.8 Å². The van der Waals surface area contributed by atoms with Gasteiger partial charge in [-0.3, -0.25) is 0 Å². The second kappa shape index (κ2) is 9.59. The Balaban J connectivity index is 2.71. The van der Waals surface area contributed by atoms with Gasteiger partial charge in [0.2, 0.25) is 0 Å². The van der Waals surface area contributed by atoms with Crippen LogP contribution in [0.3, 0.4) is 0 Å². The number of thioether (sulfide) groups is 1. The first-order chi connectivity index (χ1) is 9.15. The van der Waals surface area contributed by atoms with Crippen molar-refractivity contribution >= 4 is 11.8 Å². The molecule has 1 heterocycles. The molecular weight excluding hydrogens is 260 g/mol. The molecular formula is C15H26O3S. The lowest BCUT2D eigenvalue weighted by molar-refractivity contribution is -0.00193. The Labute approximate surface area is 121 Å². The van der Waals surface area contributed by atoms with E-state index < -0.39 is 6.10 Å². The first-order valence-corrected chi connectivity index (χ1v) is 8.01. The highest BCUT2D eigenvalue weighted by Gasteiger charge is 2.21. The molecule has 1 rings (SSSR count). The van der Waals surface area contributed by atoms with E-state index in [4.69, 9.17) is 9.47 Å². The number of ether oxygens (including phenoxy) is 2. The van der Waals surface area contributed by atoms with Gasteiger partial charge in [-0.25, -0.2) is 0 Å². The molecule has 0 aromatic rings. The van der Waals surface area contributed by atoms with Gasteiger partial charge in [0.15, 0.2) is 0 Å². The fourth-order valence-electron chi connectivity index (χ4n) is 2.06. The zero-order chi connectivity index (χ0) is 14.1. The van der Waals surface area contributed by atoms with Crippen LogP contribution in [0, 0.1) is 5.92 Å². The minimum atomic E-state index is -0.524. The second-order valence-corrected chi connectivity index (χ2v) is 6.12. The first-order valence-electron chi connectivity index (χ1n) is 6.85. The van der Waals surface area contributed by atoms with Crippen molar-refractivity contribution in [1.82, 2.24) is 0 Å². The molecule has 0 amide bonds. The zero-order valence-corrected chi connectivity index (χ0v) is 13.0. The van der Waals surface area contributed by atoms with Gasteiger partial charge in [0.25, 0.3) is 0 Å². The molecule has 0 bridgehead atoms. The average Bonchev–Trinajstić information content (AvgIpc) is 2.39. The first kappa shape index (κ1) is 16.8. The zero-order valence-electron chi connectivity index (χ0n) is 12.2. The fraction of sp³-hybridized carbons (Fsp3) is 0.733. The standard InChI is InChI=1S/C15H26O3S/c1-12-10-13(2)15(16)14(17-3)6-4-8-19-9-5-7-18-11-12/h4,6,10,13-16H,5,7-9,11H2,1-3H3/b6-4+,12-10-/t13-,14+,15+/m1/s1. The molecule has 3 atom stereocenters. The van der Waals surface area contributed by atoms with E-state index in [1.807, 2.05) is 31.7 Å². The molecule has 1 aliphatic heterocycles. The van der Waals surface area contributed by atoms with E-state index in [2.05, 4.69) is 12.2 Å². The van der Waals surface area contributed by atoms with Crippen LogP contribution in [0.4, 0.5) is 0 Å². The maximum atomic E-state index is 10.3. The number of aliphatic hydroxyl groups excluding tert-OH is 1. The highest BCUT2D eigenvalue weighted by atomic mass is 32.2. The van der Waals surface area contributed by atoms with Gasteiger partial charge >= 0.3 is 0 Å². The lowest BCUT2D eigenvalue weighted by Crippen LogP contribution is -2.31. The summed E-state index contributed by atoms with van der Waals surface area (Å²) in [4.78, 5) is 0. The number of rotatable bonds is 1. The normalized spacial score (nSPS) is 36.0. The van der Waals surface area contributed by atoms with E-state index >= 15 is 0 Å². The van der Waals surface area contributed by atoms with Crippen LogP contribution < -0.4 is 0 Å². The highest BCUT2D eigenvalue weighted by Crippen LogP contribution is 2.16. The molecule has 1 aliphatic rings. The largest absolute Gasteiger partial charge is 0.389 e.